The third kappa shape index (κ3) is 5.56. The number of anilines is 1. The molecule has 172 valence electrons. The van der Waals surface area contributed by atoms with Crippen LogP contribution in [0.1, 0.15) is 35.7 Å². The molecule has 0 radical (unpaired) electrons. The number of nitrogens with zero attached hydrogens (tertiary/aromatic N) is 2. The summed E-state index contributed by atoms with van der Waals surface area (Å²) < 4.78 is 32.1. The standard InChI is InChI=1S/C24H31N3O4S/c1-19-3-2-12-26(17-19)18-20-4-6-21(7-5-20)24(28)25-22-8-10-23(11-9-22)32(29,30)27-13-15-31-16-14-27/h4-11,19H,2-3,12-18H2,1H3,(H,25,28)/t19-/m1/s1. The van der Waals surface area contributed by atoms with Crippen LogP contribution in [0, 0.1) is 5.92 Å². The highest BCUT2D eigenvalue weighted by atomic mass is 32.2. The zero-order chi connectivity index (χ0) is 22.6. The van der Waals surface area contributed by atoms with E-state index in [-0.39, 0.29) is 10.8 Å². The van der Waals surface area contributed by atoms with Crippen LogP contribution in [0.2, 0.25) is 0 Å². The number of ether oxygens (including phenoxy) is 1. The van der Waals surface area contributed by atoms with Gasteiger partial charge in [0.1, 0.15) is 0 Å². The molecular weight excluding hydrogens is 426 g/mol. The Kier molecular flexibility index (Phi) is 7.25. The Morgan fingerprint density at radius 1 is 1.03 bits per heavy atom. The summed E-state index contributed by atoms with van der Waals surface area (Å²) in [6, 6.07) is 14.0. The number of likely N-dealkylation sites (tertiary alicyclic amines) is 1. The second-order valence-corrected chi connectivity index (χ2v) is 10.6. The monoisotopic (exact) mass is 457 g/mol. The Morgan fingerprint density at radius 2 is 1.72 bits per heavy atom. The molecule has 7 nitrogen and oxygen atoms in total. The summed E-state index contributed by atoms with van der Waals surface area (Å²) in [5.41, 5.74) is 2.33. The van der Waals surface area contributed by atoms with Crippen LogP contribution < -0.4 is 5.32 Å². The molecule has 2 aromatic rings. The van der Waals surface area contributed by atoms with Crippen molar-refractivity contribution in [3.8, 4) is 0 Å². The minimum Gasteiger partial charge on any atom is -0.379 e. The maximum Gasteiger partial charge on any atom is 0.255 e. The van der Waals surface area contributed by atoms with Crippen molar-refractivity contribution in [3.05, 3.63) is 59.7 Å². The van der Waals surface area contributed by atoms with Crippen molar-refractivity contribution in [1.82, 2.24) is 9.21 Å². The summed E-state index contributed by atoms with van der Waals surface area (Å²) in [4.78, 5) is 15.3. The van der Waals surface area contributed by atoms with E-state index in [1.165, 1.54) is 34.8 Å². The van der Waals surface area contributed by atoms with Gasteiger partial charge < -0.3 is 10.1 Å². The Hall–Kier alpha value is -2.26. The van der Waals surface area contributed by atoms with Gasteiger partial charge in [-0.25, -0.2) is 8.42 Å². The number of rotatable bonds is 6. The Morgan fingerprint density at radius 3 is 2.38 bits per heavy atom. The van der Waals surface area contributed by atoms with Crippen molar-refractivity contribution < 1.29 is 17.9 Å². The molecule has 2 aliphatic rings. The van der Waals surface area contributed by atoms with E-state index in [0.29, 0.717) is 37.6 Å². The molecular formula is C24H31N3O4S. The van der Waals surface area contributed by atoms with Crippen molar-refractivity contribution in [2.45, 2.75) is 31.2 Å². The van der Waals surface area contributed by atoms with Crippen LogP contribution in [0.15, 0.2) is 53.4 Å². The van der Waals surface area contributed by atoms with E-state index in [1.54, 1.807) is 12.1 Å². The molecule has 1 atom stereocenters. The van der Waals surface area contributed by atoms with Crippen molar-refractivity contribution >= 4 is 21.6 Å². The second kappa shape index (κ2) is 10.1. The summed E-state index contributed by atoms with van der Waals surface area (Å²) in [5, 5.41) is 2.85. The molecule has 2 aromatic carbocycles. The third-order valence-electron chi connectivity index (χ3n) is 6.08. The lowest BCUT2D eigenvalue weighted by molar-refractivity contribution is 0.0730. The van der Waals surface area contributed by atoms with Crippen LogP contribution in [-0.2, 0) is 21.3 Å². The number of carbonyl (C=O) groups excluding carboxylic acids is 1. The molecule has 0 aliphatic carbocycles. The molecule has 0 bridgehead atoms. The van der Waals surface area contributed by atoms with Gasteiger partial charge in [0.15, 0.2) is 0 Å². The highest BCUT2D eigenvalue weighted by Gasteiger charge is 2.26. The van der Waals surface area contributed by atoms with E-state index in [9.17, 15) is 13.2 Å². The van der Waals surface area contributed by atoms with Gasteiger partial charge in [-0.05, 0) is 67.3 Å². The van der Waals surface area contributed by atoms with Gasteiger partial charge in [-0.15, -0.1) is 0 Å². The van der Waals surface area contributed by atoms with Crippen LogP contribution in [0.4, 0.5) is 5.69 Å². The van der Waals surface area contributed by atoms with Crippen LogP contribution in [0.5, 0.6) is 0 Å². The number of carbonyl (C=O) groups is 1. The topological polar surface area (TPSA) is 79.0 Å². The first-order valence-electron chi connectivity index (χ1n) is 11.2. The molecule has 2 heterocycles. The molecule has 1 amide bonds. The maximum absolute atomic E-state index is 12.7. The van der Waals surface area contributed by atoms with E-state index in [4.69, 9.17) is 4.74 Å². The lowest BCUT2D eigenvalue weighted by Crippen LogP contribution is -2.40. The Balaban J connectivity index is 1.35. The van der Waals surface area contributed by atoms with Gasteiger partial charge in [0.25, 0.3) is 5.91 Å². The van der Waals surface area contributed by atoms with E-state index in [0.717, 1.165) is 25.6 Å². The normalized spacial score (nSPS) is 20.7. The molecule has 8 heteroatoms. The second-order valence-electron chi connectivity index (χ2n) is 8.67. The van der Waals surface area contributed by atoms with E-state index in [2.05, 4.69) is 17.1 Å². The first kappa shape index (κ1) is 22.9. The fourth-order valence-corrected chi connectivity index (χ4v) is 5.71. The minimum atomic E-state index is -3.54. The molecule has 2 fully saturated rings. The predicted molar refractivity (Wildman–Crippen MR) is 124 cm³/mol. The Bertz CT molecular complexity index is 1020. The van der Waals surface area contributed by atoms with Crippen molar-refractivity contribution in [2.24, 2.45) is 5.92 Å². The number of piperidine rings is 1. The van der Waals surface area contributed by atoms with Gasteiger partial charge in [-0.1, -0.05) is 19.1 Å². The predicted octanol–water partition coefficient (Wildman–Crippen LogP) is 3.19. The van der Waals surface area contributed by atoms with E-state index >= 15 is 0 Å². The minimum absolute atomic E-state index is 0.216. The molecule has 0 saturated carbocycles. The van der Waals surface area contributed by atoms with Crippen molar-refractivity contribution in [1.29, 1.82) is 0 Å². The quantitative estimate of drug-likeness (QED) is 0.721. The number of morpholine rings is 1. The van der Waals surface area contributed by atoms with Crippen LogP contribution in [0.3, 0.4) is 0 Å². The molecule has 0 aromatic heterocycles. The number of nitrogens with one attached hydrogen (secondary N) is 1. The summed E-state index contributed by atoms with van der Waals surface area (Å²) in [6.07, 6.45) is 2.55. The highest BCUT2D eigenvalue weighted by molar-refractivity contribution is 7.89. The van der Waals surface area contributed by atoms with Crippen LogP contribution in [0.25, 0.3) is 0 Å². The van der Waals surface area contributed by atoms with Crippen molar-refractivity contribution in [2.75, 3.05) is 44.7 Å². The maximum atomic E-state index is 12.7. The molecule has 1 N–H and O–H groups in total. The molecule has 0 spiro atoms. The average molecular weight is 458 g/mol. The highest BCUT2D eigenvalue weighted by Crippen LogP contribution is 2.21. The van der Waals surface area contributed by atoms with E-state index < -0.39 is 10.0 Å². The molecule has 2 saturated heterocycles. The molecule has 2 aliphatic heterocycles. The first-order valence-corrected chi connectivity index (χ1v) is 12.7. The average Bonchev–Trinajstić information content (AvgIpc) is 2.80. The number of amides is 1. The van der Waals surface area contributed by atoms with Gasteiger partial charge in [0.2, 0.25) is 10.0 Å². The zero-order valence-electron chi connectivity index (χ0n) is 18.5. The third-order valence-corrected chi connectivity index (χ3v) is 8.00. The SMILES string of the molecule is C[C@@H]1CCCN(Cc2ccc(C(=O)Nc3ccc(S(=O)(=O)N4CCOCC4)cc3)cc2)C1. The van der Waals surface area contributed by atoms with Gasteiger partial charge in [0, 0.05) is 37.4 Å². The molecule has 32 heavy (non-hydrogen) atoms. The summed E-state index contributed by atoms with van der Waals surface area (Å²) >= 11 is 0. The van der Waals surface area contributed by atoms with Gasteiger partial charge in [0.05, 0.1) is 18.1 Å². The Labute approximate surface area is 190 Å². The summed E-state index contributed by atoms with van der Waals surface area (Å²) in [7, 11) is -3.54. The van der Waals surface area contributed by atoms with Gasteiger partial charge in [-0.2, -0.15) is 4.31 Å². The number of benzene rings is 2. The molecule has 0 unspecified atom stereocenters. The van der Waals surface area contributed by atoms with Crippen LogP contribution in [-0.4, -0.2) is 62.9 Å². The largest absolute Gasteiger partial charge is 0.379 e. The zero-order valence-corrected chi connectivity index (χ0v) is 19.3. The summed E-state index contributed by atoms with van der Waals surface area (Å²) in [5.74, 6) is 0.524. The lowest BCUT2D eigenvalue weighted by atomic mass is 9.99. The fraction of sp³-hybridized carbons (Fsp3) is 0.458. The lowest BCUT2D eigenvalue weighted by Gasteiger charge is -2.30. The van der Waals surface area contributed by atoms with Gasteiger partial charge in [-0.3, -0.25) is 9.69 Å². The first-order chi connectivity index (χ1) is 15.4. The smallest absolute Gasteiger partial charge is 0.255 e. The fourth-order valence-electron chi connectivity index (χ4n) is 4.30. The van der Waals surface area contributed by atoms with Crippen LogP contribution >= 0.6 is 0 Å². The van der Waals surface area contributed by atoms with Crippen molar-refractivity contribution in [3.63, 3.8) is 0 Å². The number of hydrogen-bond acceptors (Lipinski definition) is 5. The number of sulfonamides is 1. The van der Waals surface area contributed by atoms with Gasteiger partial charge >= 0.3 is 0 Å². The summed E-state index contributed by atoms with van der Waals surface area (Å²) in [6.45, 7) is 6.98. The number of hydrogen-bond donors (Lipinski definition) is 1. The molecule has 4 rings (SSSR count). The van der Waals surface area contributed by atoms with E-state index in [1.807, 2.05) is 24.3 Å².